The highest BCUT2D eigenvalue weighted by Gasteiger charge is 2.22. The summed E-state index contributed by atoms with van der Waals surface area (Å²) in [6.45, 7) is 4.35. The molecule has 0 aromatic heterocycles. The summed E-state index contributed by atoms with van der Waals surface area (Å²) in [7, 11) is -3.95. The number of carbonyl (C=O) groups is 1. The number of benzene rings is 2. The summed E-state index contributed by atoms with van der Waals surface area (Å²) >= 11 is 0. The number of sulfonamides is 1. The minimum Gasteiger partial charge on any atom is -0.490 e. The highest BCUT2D eigenvalue weighted by molar-refractivity contribution is 7.89. The zero-order valence-electron chi connectivity index (χ0n) is 16.2. The molecule has 2 aromatic carbocycles. The minimum absolute atomic E-state index is 0.0231. The summed E-state index contributed by atoms with van der Waals surface area (Å²) in [5.74, 6) is 0.0825. The highest BCUT2D eigenvalue weighted by atomic mass is 32.2. The van der Waals surface area contributed by atoms with Crippen molar-refractivity contribution in [3.63, 3.8) is 0 Å². The lowest BCUT2D eigenvalue weighted by atomic mass is 10.1. The van der Waals surface area contributed by atoms with Crippen LogP contribution in [0.2, 0.25) is 0 Å². The monoisotopic (exact) mass is 420 g/mol. The van der Waals surface area contributed by atoms with E-state index in [1.165, 1.54) is 12.1 Å². The normalized spacial score (nSPS) is 14.5. The SMILES string of the molecule is Cc1ccccc1OCCOC(=O)c1cc(S(N)(=O)=O)ccc1N1CCOCC1. The first-order valence-corrected chi connectivity index (χ1v) is 10.8. The van der Waals surface area contributed by atoms with Crippen molar-refractivity contribution < 1.29 is 27.4 Å². The number of hydrogen-bond donors (Lipinski definition) is 1. The fraction of sp³-hybridized carbons (Fsp3) is 0.350. The van der Waals surface area contributed by atoms with Gasteiger partial charge in [0.25, 0.3) is 0 Å². The first-order chi connectivity index (χ1) is 13.9. The van der Waals surface area contributed by atoms with E-state index in [-0.39, 0.29) is 23.7 Å². The molecule has 2 N–H and O–H groups in total. The molecule has 0 unspecified atom stereocenters. The van der Waals surface area contributed by atoms with Crippen LogP contribution in [0.25, 0.3) is 0 Å². The topological polar surface area (TPSA) is 108 Å². The summed E-state index contributed by atoms with van der Waals surface area (Å²) in [4.78, 5) is 14.5. The Morgan fingerprint density at radius 2 is 1.86 bits per heavy atom. The average Bonchev–Trinajstić information content (AvgIpc) is 2.72. The van der Waals surface area contributed by atoms with Crippen molar-refractivity contribution in [3.05, 3.63) is 53.6 Å². The van der Waals surface area contributed by atoms with Crippen molar-refractivity contribution in [1.29, 1.82) is 0 Å². The molecule has 1 fully saturated rings. The standard InChI is InChI=1S/C20H24N2O6S/c1-15-4-2-3-5-19(15)27-12-13-28-20(23)17-14-16(29(21,24)25)6-7-18(17)22-8-10-26-11-9-22/h2-7,14H,8-13H2,1H3,(H2,21,24,25). The molecule has 0 spiro atoms. The van der Waals surface area contributed by atoms with Crippen LogP contribution in [-0.4, -0.2) is 53.9 Å². The van der Waals surface area contributed by atoms with Gasteiger partial charge in [0.05, 0.1) is 29.4 Å². The number of rotatable bonds is 7. The Bertz CT molecular complexity index is 971. The van der Waals surface area contributed by atoms with Crippen LogP contribution in [0.5, 0.6) is 5.75 Å². The fourth-order valence-electron chi connectivity index (χ4n) is 3.02. The predicted octanol–water partition coefficient (Wildman–Crippen LogP) is 1.71. The van der Waals surface area contributed by atoms with E-state index in [4.69, 9.17) is 19.3 Å². The van der Waals surface area contributed by atoms with Crippen LogP contribution in [0.3, 0.4) is 0 Å². The van der Waals surface area contributed by atoms with Gasteiger partial charge in [-0.3, -0.25) is 0 Å². The number of ether oxygens (including phenoxy) is 3. The summed E-state index contributed by atoms with van der Waals surface area (Å²) in [5.41, 5.74) is 1.72. The Kier molecular flexibility index (Phi) is 6.73. The largest absolute Gasteiger partial charge is 0.490 e. The molecule has 0 bridgehead atoms. The van der Waals surface area contributed by atoms with Gasteiger partial charge < -0.3 is 19.1 Å². The van der Waals surface area contributed by atoms with Crippen molar-refractivity contribution >= 4 is 21.7 Å². The number of esters is 1. The maximum atomic E-state index is 12.7. The van der Waals surface area contributed by atoms with Crippen molar-refractivity contribution in [2.24, 2.45) is 5.14 Å². The van der Waals surface area contributed by atoms with Crippen molar-refractivity contribution in [2.75, 3.05) is 44.4 Å². The van der Waals surface area contributed by atoms with Crippen LogP contribution < -0.4 is 14.8 Å². The molecule has 1 aliphatic heterocycles. The van der Waals surface area contributed by atoms with Gasteiger partial charge in [-0.2, -0.15) is 0 Å². The summed E-state index contributed by atoms with van der Waals surface area (Å²) in [6.07, 6.45) is 0. The van der Waals surface area contributed by atoms with E-state index in [0.717, 1.165) is 5.56 Å². The number of aryl methyl sites for hydroxylation is 1. The van der Waals surface area contributed by atoms with Gasteiger partial charge in [0.1, 0.15) is 19.0 Å². The second-order valence-corrected chi connectivity index (χ2v) is 8.13. The van der Waals surface area contributed by atoms with Crippen LogP contribution in [-0.2, 0) is 19.5 Å². The summed E-state index contributed by atoms with van der Waals surface area (Å²) in [6, 6.07) is 11.8. The Labute approximate surface area is 170 Å². The lowest BCUT2D eigenvalue weighted by molar-refractivity contribution is 0.0449. The molecule has 0 amide bonds. The lowest BCUT2D eigenvalue weighted by Gasteiger charge is -2.30. The third kappa shape index (κ3) is 5.47. The number of nitrogens with two attached hydrogens (primary N) is 1. The molecular formula is C20H24N2O6S. The van der Waals surface area contributed by atoms with Gasteiger partial charge in [-0.15, -0.1) is 0 Å². The first kappa shape index (κ1) is 21.1. The second kappa shape index (κ2) is 9.25. The molecule has 3 rings (SSSR count). The summed E-state index contributed by atoms with van der Waals surface area (Å²) in [5, 5.41) is 5.22. The van der Waals surface area contributed by atoms with Gasteiger partial charge in [0, 0.05) is 13.1 Å². The second-order valence-electron chi connectivity index (χ2n) is 6.57. The van der Waals surface area contributed by atoms with Gasteiger partial charge >= 0.3 is 5.97 Å². The van der Waals surface area contributed by atoms with Crippen molar-refractivity contribution in [3.8, 4) is 5.75 Å². The number of anilines is 1. The molecular weight excluding hydrogens is 396 g/mol. The van der Waals surface area contributed by atoms with Crippen LogP contribution >= 0.6 is 0 Å². The molecule has 156 valence electrons. The average molecular weight is 420 g/mol. The van der Waals surface area contributed by atoms with Crippen molar-refractivity contribution in [1.82, 2.24) is 0 Å². The number of carbonyl (C=O) groups excluding carboxylic acids is 1. The van der Waals surface area contributed by atoms with Gasteiger partial charge in [0.15, 0.2) is 0 Å². The number of nitrogens with zero attached hydrogens (tertiary/aromatic N) is 1. The van der Waals surface area contributed by atoms with Crippen LogP contribution in [0, 0.1) is 6.92 Å². The lowest BCUT2D eigenvalue weighted by Crippen LogP contribution is -2.37. The Hall–Kier alpha value is -2.62. The van der Waals surface area contributed by atoms with E-state index in [1.54, 1.807) is 6.07 Å². The van der Waals surface area contributed by atoms with E-state index >= 15 is 0 Å². The number of hydrogen-bond acceptors (Lipinski definition) is 7. The smallest absolute Gasteiger partial charge is 0.340 e. The molecule has 0 radical (unpaired) electrons. The first-order valence-electron chi connectivity index (χ1n) is 9.21. The summed E-state index contributed by atoms with van der Waals surface area (Å²) < 4.78 is 39.7. The molecule has 1 aliphatic rings. The fourth-order valence-corrected chi connectivity index (χ4v) is 3.56. The van der Waals surface area contributed by atoms with E-state index < -0.39 is 16.0 Å². The molecule has 29 heavy (non-hydrogen) atoms. The molecule has 1 saturated heterocycles. The maximum absolute atomic E-state index is 12.7. The van der Waals surface area contributed by atoms with Crippen LogP contribution in [0.15, 0.2) is 47.4 Å². The molecule has 2 aromatic rings. The van der Waals surface area contributed by atoms with Gasteiger partial charge in [-0.05, 0) is 36.8 Å². The molecule has 8 nitrogen and oxygen atoms in total. The Balaban J connectivity index is 1.72. The van der Waals surface area contributed by atoms with Crippen LogP contribution in [0.4, 0.5) is 5.69 Å². The Morgan fingerprint density at radius 1 is 1.14 bits per heavy atom. The van der Waals surface area contributed by atoms with E-state index in [2.05, 4.69) is 0 Å². The molecule has 0 saturated carbocycles. The maximum Gasteiger partial charge on any atom is 0.340 e. The zero-order valence-corrected chi connectivity index (χ0v) is 17.0. The van der Waals surface area contributed by atoms with E-state index in [1.807, 2.05) is 36.1 Å². The molecule has 1 heterocycles. The third-order valence-corrected chi connectivity index (χ3v) is 5.45. The van der Waals surface area contributed by atoms with Crippen LogP contribution in [0.1, 0.15) is 15.9 Å². The molecule has 9 heteroatoms. The van der Waals surface area contributed by atoms with E-state index in [0.29, 0.717) is 37.7 Å². The van der Waals surface area contributed by atoms with Gasteiger partial charge in [0.2, 0.25) is 10.0 Å². The number of morpholine rings is 1. The molecule has 0 aliphatic carbocycles. The van der Waals surface area contributed by atoms with Crippen molar-refractivity contribution in [2.45, 2.75) is 11.8 Å². The number of primary sulfonamides is 1. The predicted molar refractivity (Wildman–Crippen MR) is 108 cm³/mol. The molecule has 0 atom stereocenters. The minimum atomic E-state index is -3.95. The number of para-hydroxylation sites is 1. The Morgan fingerprint density at radius 3 is 2.55 bits per heavy atom. The third-order valence-electron chi connectivity index (χ3n) is 4.54. The quantitative estimate of drug-likeness (QED) is 0.537. The van der Waals surface area contributed by atoms with E-state index in [9.17, 15) is 13.2 Å². The van der Waals surface area contributed by atoms with Gasteiger partial charge in [-0.25, -0.2) is 18.4 Å². The zero-order chi connectivity index (χ0) is 20.9. The highest BCUT2D eigenvalue weighted by Crippen LogP contribution is 2.25. The van der Waals surface area contributed by atoms with Gasteiger partial charge in [-0.1, -0.05) is 18.2 Å².